The minimum absolute atomic E-state index is 0. The van der Waals surface area contributed by atoms with Gasteiger partial charge in [-0.1, -0.05) is 34.8 Å². The van der Waals surface area contributed by atoms with Crippen LogP contribution >= 0.6 is 47.2 Å². The Hall–Kier alpha value is 0.270. The molecule has 0 aliphatic carbocycles. The van der Waals surface area contributed by atoms with Crippen molar-refractivity contribution in [3.05, 3.63) is 27.0 Å². The van der Waals surface area contributed by atoms with Crippen molar-refractivity contribution >= 4 is 47.2 Å². The van der Waals surface area contributed by atoms with E-state index in [-0.39, 0.29) is 23.6 Å². The highest BCUT2D eigenvalue weighted by molar-refractivity contribution is 6.43. The quantitative estimate of drug-likeness (QED) is 0.787. The molecule has 6 heteroatoms. The number of rotatable bonds is 1. The molecule has 13 heavy (non-hydrogen) atoms. The van der Waals surface area contributed by atoms with Crippen LogP contribution < -0.4 is 5.73 Å². The first-order chi connectivity index (χ1) is 5.54. The van der Waals surface area contributed by atoms with Crippen LogP contribution in [-0.4, -0.2) is 4.98 Å². The molecule has 0 aliphatic rings. The van der Waals surface area contributed by atoms with Gasteiger partial charge in [0, 0.05) is 17.8 Å². The monoisotopic (exact) mass is 260 g/mol. The number of nitrogens with zero attached hydrogens (tertiary/aromatic N) is 1. The van der Waals surface area contributed by atoms with E-state index in [4.69, 9.17) is 40.5 Å². The zero-order valence-corrected chi connectivity index (χ0v) is 9.81. The van der Waals surface area contributed by atoms with E-state index in [1.165, 1.54) is 6.20 Å². The Bertz CT molecular complexity index is 301. The highest BCUT2D eigenvalue weighted by Gasteiger charge is 2.13. The molecule has 74 valence electrons. The average molecular weight is 262 g/mol. The topological polar surface area (TPSA) is 38.9 Å². The smallest absolute Gasteiger partial charge is 0.148 e. The summed E-state index contributed by atoms with van der Waals surface area (Å²) in [7, 11) is 0. The number of hydrogen-bond acceptors (Lipinski definition) is 2. The third-order valence-electron chi connectivity index (χ3n) is 1.42. The molecule has 1 atom stereocenters. The number of halogens is 4. The Morgan fingerprint density at radius 1 is 1.38 bits per heavy atom. The Kier molecular flexibility index (Phi) is 5.33. The second kappa shape index (κ2) is 5.23. The molecular formula is C7H8Cl4N2. The fraction of sp³-hybridized carbons (Fsp3) is 0.286. The van der Waals surface area contributed by atoms with Crippen molar-refractivity contribution in [2.45, 2.75) is 13.0 Å². The molecule has 0 saturated heterocycles. The third kappa shape index (κ3) is 2.86. The van der Waals surface area contributed by atoms with Crippen molar-refractivity contribution in [1.29, 1.82) is 0 Å². The first-order valence-corrected chi connectivity index (χ1v) is 4.42. The van der Waals surface area contributed by atoms with Gasteiger partial charge in [-0.05, 0) is 6.92 Å². The zero-order chi connectivity index (χ0) is 9.30. The van der Waals surface area contributed by atoms with Gasteiger partial charge in [0.1, 0.15) is 5.15 Å². The molecule has 1 heterocycles. The lowest BCUT2D eigenvalue weighted by molar-refractivity contribution is 0.816. The van der Waals surface area contributed by atoms with Crippen LogP contribution in [0, 0.1) is 0 Å². The van der Waals surface area contributed by atoms with Crippen LogP contribution in [0.4, 0.5) is 0 Å². The Morgan fingerprint density at radius 2 is 1.92 bits per heavy atom. The fourth-order valence-corrected chi connectivity index (χ4v) is 1.71. The van der Waals surface area contributed by atoms with Gasteiger partial charge in [0.15, 0.2) is 0 Å². The second-order valence-corrected chi connectivity index (χ2v) is 3.56. The average Bonchev–Trinajstić information content (AvgIpc) is 1.97. The maximum atomic E-state index is 5.83. The van der Waals surface area contributed by atoms with Crippen molar-refractivity contribution in [2.75, 3.05) is 0 Å². The van der Waals surface area contributed by atoms with Gasteiger partial charge in [-0.3, -0.25) is 0 Å². The van der Waals surface area contributed by atoms with E-state index >= 15 is 0 Å². The molecule has 0 amide bonds. The van der Waals surface area contributed by atoms with Gasteiger partial charge in [0.05, 0.1) is 10.0 Å². The van der Waals surface area contributed by atoms with Crippen LogP contribution in [0.2, 0.25) is 15.2 Å². The molecule has 2 nitrogen and oxygen atoms in total. The predicted octanol–water partition coefficient (Wildman–Crippen LogP) is 3.48. The van der Waals surface area contributed by atoms with Crippen LogP contribution in [0.25, 0.3) is 0 Å². The normalized spacial score (nSPS) is 12.1. The van der Waals surface area contributed by atoms with Gasteiger partial charge in [-0.15, -0.1) is 12.4 Å². The van der Waals surface area contributed by atoms with Crippen LogP contribution in [0.1, 0.15) is 18.5 Å². The lowest BCUT2D eigenvalue weighted by Crippen LogP contribution is -2.07. The minimum Gasteiger partial charge on any atom is -0.324 e. The van der Waals surface area contributed by atoms with E-state index in [1.807, 2.05) is 0 Å². The maximum Gasteiger partial charge on any atom is 0.148 e. The first-order valence-electron chi connectivity index (χ1n) is 3.29. The van der Waals surface area contributed by atoms with E-state index in [0.717, 1.165) is 0 Å². The van der Waals surface area contributed by atoms with E-state index in [0.29, 0.717) is 15.6 Å². The maximum absolute atomic E-state index is 5.83. The van der Waals surface area contributed by atoms with Crippen LogP contribution in [0.3, 0.4) is 0 Å². The molecule has 0 aliphatic heterocycles. The van der Waals surface area contributed by atoms with Gasteiger partial charge in [-0.25, -0.2) is 4.98 Å². The molecule has 1 rings (SSSR count). The summed E-state index contributed by atoms with van der Waals surface area (Å²) in [6.07, 6.45) is 1.44. The summed E-state index contributed by atoms with van der Waals surface area (Å²) in [6.45, 7) is 1.78. The highest BCUT2D eigenvalue weighted by atomic mass is 35.5. The van der Waals surface area contributed by atoms with Gasteiger partial charge in [0.25, 0.3) is 0 Å². The SMILES string of the molecule is C[C@@H](N)c1c(Cl)cnc(Cl)c1Cl.Cl. The number of nitrogens with two attached hydrogens (primary N) is 1. The largest absolute Gasteiger partial charge is 0.324 e. The van der Waals surface area contributed by atoms with Gasteiger partial charge in [0.2, 0.25) is 0 Å². The first kappa shape index (κ1) is 13.3. The standard InChI is InChI=1S/C7H7Cl3N2.ClH/c1-3(11)5-4(8)2-12-7(10)6(5)9;/h2-3H,11H2,1H3;1H/t3-;/m1./s1. The number of pyridine rings is 1. The van der Waals surface area contributed by atoms with Crippen LogP contribution in [0.5, 0.6) is 0 Å². The minimum atomic E-state index is -0.245. The summed E-state index contributed by atoms with van der Waals surface area (Å²) in [5.74, 6) is 0. The van der Waals surface area contributed by atoms with Crippen LogP contribution in [-0.2, 0) is 0 Å². The number of hydrogen-bond donors (Lipinski definition) is 1. The van der Waals surface area contributed by atoms with Crippen LogP contribution in [0.15, 0.2) is 6.20 Å². The van der Waals surface area contributed by atoms with E-state index < -0.39 is 0 Å². The predicted molar refractivity (Wildman–Crippen MR) is 59.1 cm³/mol. The summed E-state index contributed by atoms with van der Waals surface area (Å²) in [6, 6.07) is -0.245. The summed E-state index contributed by atoms with van der Waals surface area (Å²) in [5.41, 5.74) is 6.27. The van der Waals surface area contributed by atoms with Crippen molar-refractivity contribution in [2.24, 2.45) is 5.73 Å². The Labute approximate surface area is 97.8 Å². The number of aromatic nitrogens is 1. The molecule has 0 spiro atoms. The lowest BCUT2D eigenvalue weighted by Gasteiger charge is -2.10. The summed E-state index contributed by atoms with van der Waals surface area (Å²) < 4.78 is 0. The molecule has 0 saturated carbocycles. The van der Waals surface area contributed by atoms with Crippen molar-refractivity contribution in [3.8, 4) is 0 Å². The van der Waals surface area contributed by atoms with E-state index in [2.05, 4.69) is 4.98 Å². The molecule has 0 unspecified atom stereocenters. The van der Waals surface area contributed by atoms with Crippen molar-refractivity contribution in [3.63, 3.8) is 0 Å². The van der Waals surface area contributed by atoms with E-state index in [9.17, 15) is 0 Å². The summed E-state index contributed by atoms with van der Waals surface area (Å²) >= 11 is 17.3. The molecule has 0 fully saturated rings. The highest BCUT2D eigenvalue weighted by Crippen LogP contribution is 2.32. The Morgan fingerprint density at radius 3 is 2.31 bits per heavy atom. The van der Waals surface area contributed by atoms with Crippen molar-refractivity contribution < 1.29 is 0 Å². The molecule has 2 N–H and O–H groups in total. The Balaban J connectivity index is 0.00000144. The summed E-state index contributed by atoms with van der Waals surface area (Å²) in [4.78, 5) is 3.77. The van der Waals surface area contributed by atoms with Gasteiger partial charge in [-0.2, -0.15) is 0 Å². The van der Waals surface area contributed by atoms with Gasteiger partial charge < -0.3 is 5.73 Å². The zero-order valence-electron chi connectivity index (χ0n) is 6.72. The lowest BCUT2D eigenvalue weighted by atomic mass is 10.1. The van der Waals surface area contributed by atoms with Crippen molar-refractivity contribution in [1.82, 2.24) is 4.98 Å². The molecule has 0 aromatic carbocycles. The van der Waals surface area contributed by atoms with Gasteiger partial charge >= 0.3 is 0 Å². The summed E-state index contributed by atoms with van der Waals surface area (Å²) in [5, 5.41) is 1.01. The molecule has 1 aromatic rings. The molecule has 0 bridgehead atoms. The third-order valence-corrected chi connectivity index (χ3v) is 2.49. The second-order valence-electron chi connectivity index (χ2n) is 2.41. The molecule has 0 radical (unpaired) electrons. The fourth-order valence-electron chi connectivity index (χ4n) is 0.873. The molecular weight excluding hydrogens is 254 g/mol. The van der Waals surface area contributed by atoms with E-state index in [1.54, 1.807) is 6.92 Å². The molecule has 1 aromatic heterocycles.